The van der Waals surface area contributed by atoms with Crippen LogP contribution in [-0.4, -0.2) is 37.2 Å². The van der Waals surface area contributed by atoms with Gasteiger partial charge < -0.3 is 14.2 Å². The van der Waals surface area contributed by atoms with E-state index in [9.17, 15) is 14.4 Å². The summed E-state index contributed by atoms with van der Waals surface area (Å²) in [5.41, 5.74) is 0. The monoisotopic (exact) mass is 961 g/mol. The molecular weight excluding hydrogens is 841 g/mol. The summed E-state index contributed by atoms with van der Waals surface area (Å²) in [6.45, 7) is 11.4. The molecule has 6 heteroatoms. The zero-order valence-corrected chi connectivity index (χ0v) is 46.7. The van der Waals surface area contributed by atoms with E-state index >= 15 is 0 Å². The first kappa shape index (κ1) is 66.4. The van der Waals surface area contributed by atoms with Crippen molar-refractivity contribution in [3.8, 4) is 0 Å². The van der Waals surface area contributed by atoms with E-state index in [0.717, 1.165) is 69.6 Å². The Kier molecular flexibility index (Phi) is 53.5. The largest absolute Gasteiger partial charge is 0.462 e. The van der Waals surface area contributed by atoms with Crippen molar-refractivity contribution in [1.29, 1.82) is 0 Å². The van der Waals surface area contributed by atoms with Crippen LogP contribution >= 0.6 is 0 Å². The highest BCUT2D eigenvalue weighted by molar-refractivity contribution is 5.71. The van der Waals surface area contributed by atoms with Crippen LogP contribution in [0.25, 0.3) is 0 Å². The van der Waals surface area contributed by atoms with Crippen LogP contribution in [0.4, 0.5) is 0 Å². The van der Waals surface area contributed by atoms with Crippen molar-refractivity contribution in [1.82, 2.24) is 0 Å². The van der Waals surface area contributed by atoms with Gasteiger partial charge in [-0.25, -0.2) is 0 Å². The van der Waals surface area contributed by atoms with Gasteiger partial charge in [-0.15, -0.1) is 0 Å². The molecule has 0 aliphatic carbocycles. The van der Waals surface area contributed by atoms with Crippen molar-refractivity contribution in [2.24, 2.45) is 11.8 Å². The third kappa shape index (κ3) is 53.8. The maximum atomic E-state index is 12.9. The number of carbonyl (C=O) groups is 3. The molecule has 0 bridgehead atoms. The van der Waals surface area contributed by atoms with E-state index in [1.54, 1.807) is 0 Å². The van der Waals surface area contributed by atoms with Gasteiger partial charge in [0.15, 0.2) is 6.10 Å². The Morgan fingerprint density at radius 1 is 0.309 bits per heavy atom. The molecule has 0 aliphatic rings. The molecule has 0 rings (SSSR count). The van der Waals surface area contributed by atoms with Crippen molar-refractivity contribution in [2.45, 2.75) is 355 Å². The molecule has 6 nitrogen and oxygen atoms in total. The molecule has 0 aromatic heterocycles. The summed E-state index contributed by atoms with van der Waals surface area (Å²) in [5, 5.41) is 0. The van der Waals surface area contributed by atoms with Crippen LogP contribution in [0, 0.1) is 11.8 Å². The highest BCUT2D eigenvalue weighted by Gasteiger charge is 2.19. The van der Waals surface area contributed by atoms with Crippen molar-refractivity contribution in [2.75, 3.05) is 13.2 Å². The second-order valence-electron chi connectivity index (χ2n) is 22.1. The second-order valence-corrected chi connectivity index (χ2v) is 22.1. The first-order valence-electron chi connectivity index (χ1n) is 30.8. The Labute approximate surface area is 425 Å². The molecule has 0 amide bonds. The Bertz CT molecular complexity index is 1040. The molecule has 68 heavy (non-hydrogen) atoms. The topological polar surface area (TPSA) is 78.9 Å². The minimum atomic E-state index is -0.763. The number of ether oxygens (including phenoxy) is 3. The van der Waals surface area contributed by atoms with E-state index in [4.69, 9.17) is 14.2 Å². The average Bonchev–Trinajstić information content (AvgIpc) is 3.32. The first-order valence-corrected chi connectivity index (χ1v) is 30.8. The van der Waals surface area contributed by atoms with E-state index in [2.05, 4.69) is 34.6 Å². The lowest BCUT2D eigenvalue weighted by molar-refractivity contribution is -0.167. The van der Waals surface area contributed by atoms with E-state index in [0.29, 0.717) is 19.3 Å². The Balaban J connectivity index is 4.20. The highest BCUT2D eigenvalue weighted by Crippen LogP contribution is 2.19. The molecule has 0 aliphatic heterocycles. The molecular formula is C62H120O6. The third-order valence-corrected chi connectivity index (χ3v) is 14.6. The van der Waals surface area contributed by atoms with E-state index in [1.165, 1.54) is 238 Å². The number of unbranched alkanes of at least 4 members (excludes halogenated alkanes) is 40. The average molecular weight is 962 g/mol. The van der Waals surface area contributed by atoms with Crippen LogP contribution in [0.5, 0.6) is 0 Å². The van der Waals surface area contributed by atoms with Gasteiger partial charge in [0.1, 0.15) is 13.2 Å². The van der Waals surface area contributed by atoms with Gasteiger partial charge in [0, 0.05) is 19.3 Å². The smallest absolute Gasteiger partial charge is 0.306 e. The normalized spacial score (nSPS) is 12.4. The van der Waals surface area contributed by atoms with Crippen molar-refractivity contribution < 1.29 is 28.6 Å². The molecule has 0 saturated heterocycles. The SMILES string of the molecule is CCCCCCCCCCCCCCCCCCCCC(=O)OC[C@H](COC(=O)CCCCCCCCCC(C)C)OC(=O)CCCCCCCCCCCCCCCCCCCCC(C)CC. The molecule has 0 heterocycles. The molecule has 0 radical (unpaired) electrons. The molecule has 404 valence electrons. The molecule has 0 fully saturated rings. The van der Waals surface area contributed by atoms with Gasteiger partial charge in [-0.1, -0.05) is 311 Å². The third-order valence-electron chi connectivity index (χ3n) is 14.6. The van der Waals surface area contributed by atoms with Gasteiger partial charge in [0.2, 0.25) is 0 Å². The lowest BCUT2D eigenvalue weighted by Crippen LogP contribution is -2.30. The number of hydrogen-bond acceptors (Lipinski definition) is 6. The van der Waals surface area contributed by atoms with Crippen LogP contribution in [0.15, 0.2) is 0 Å². The van der Waals surface area contributed by atoms with Crippen molar-refractivity contribution in [3.63, 3.8) is 0 Å². The summed E-state index contributed by atoms with van der Waals surface area (Å²) in [4.78, 5) is 38.2. The summed E-state index contributed by atoms with van der Waals surface area (Å²) < 4.78 is 16.9. The summed E-state index contributed by atoms with van der Waals surface area (Å²) in [6.07, 6.45) is 59.7. The van der Waals surface area contributed by atoms with Crippen LogP contribution in [0.3, 0.4) is 0 Å². The zero-order valence-electron chi connectivity index (χ0n) is 46.7. The summed E-state index contributed by atoms with van der Waals surface area (Å²) >= 11 is 0. The van der Waals surface area contributed by atoms with Crippen LogP contribution < -0.4 is 0 Å². The van der Waals surface area contributed by atoms with Gasteiger partial charge in [0.05, 0.1) is 0 Å². The van der Waals surface area contributed by atoms with Gasteiger partial charge >= 0.3 is 17.9 Å². The summed E-state index contributed by atoms with van der Waals surface area (Å²) in [5.74, 6) is 0.851. The fraction of sp³-hybridized carbons (Fsp3) is 0.952. The summed E-state index contributed by atoms with van der Waals surface area (Å²) in [6, 6.07) is 0. The van der Waals surface area contributed by atoms with Crippen molar-refractivity contribution >= 4 is 17.9 Å². The van der Waals surface area contributed by atoms with E-state index < -0.39 is 6.10 Å². The maximum absolute atomic E-state index is 12.9. The van der Waals surface area contributed by atoms with Crippen molar-refractivity contribution in [3.05, 3.63) is 0 Å². The zero-order chi connectivity index (χ0) is 49.6. The summed E-state index contributed by atoms with van der Waals surface area (Å²) in [7, 11) is 0. The van der Waals surface area contributed by atoms with Gasteiger partial charge in [-0.3, -0.25) is 14.4 Å². The van der Waals surface area contributed by atoms with E-state index in [1.807, 2.05) is 0 Å². The van der Waals surface area contributed by atoms with Gasteiger partial charge in [0.25, 0.3) is 0 Å². The van der Waals surface area contributed by atoms with Crippen LogP contribution in [0.1, 0.15) is 349 Å². The Hall–Kier alpha value is -1.59. The maximum Gasteiger partial charge on any atom is 0.306 e. The number of rotatable bonds is 56. The van der Waals surface area contributed by atoms with Gasteiger partial charge in [-0.2, -0.15) is 0 Å². The highest BCUT2D eigenvalue weighted by atomic mass is 16.6. The fourth-order valence-electron chi connectivity index (χ4n) is 9.55. The minimum absolute atomic E-state index is 0.0630. The Morgan fingerprint density at radius 3 is 0.838 bits per heavy atom. The molecule has 0 aromatic carbocycles. The van der Waals surface area contributed by atoms with Crippen LogP contribution in [0.2, 0.25) is 0 Å². The Morgan fingerprint density at radius 2 is 0.559 bits per heavy atom. The lowest BCUT2D eigenvalue weighted by atomic mass is 9.99. The lowest BCUT2D eigenvalue weighted by Gasteiger charge is -2.18. The number of carbonyl (C=O) groups excluding carboxylic acids is 3. The predicted molar refractivity (Wildman–Crippen MR) is 293 cm³/mol. The molecule has 0 saturated carbocycles. The second kappa shape index (κ2) is 54.7. The first-order chi connectivity index (χ1) is 33.3. The minimum Gasteiger partial charge on any atom is -0.462 e. The number of esters is 3. The quantitative estimate of drug-likeness (QED) is 0.0343. The molecule has 0 spiro atoms. The molecule has 0 aromatic rings. The van der Waals surface area contributed by atoms with Gasteiger partial charge in [-0.05, 0) is 31.1 Å². The number of hydrogen-bond donors (Lipinski definition) is 0. The molecule has 2 atom stereocenters. The van der Waals surface area contributed by atoms with Crippen LogP contribution in [-0.2, 0) is 28.6 Å². The standard InChI is InChI=1S/C62H120O6/c1-6-8-9-10-11-12-13-14-15-16-20-23-26-29-32-37-42-47-52-60(63)66-55-59(56-67-61(64)53-48-43-39-34-35-40-45-50-57(3)4)68-62(65)54-49-44-38-33-30-27-24-21-18-17-19-22-25-28-31-36-41-46-51-58(5)7-2/h57-59H,6-56H2,1-5H3/t58?,59-/m1/s1. The predicted octanol–water partition coefficient (Wildman–Crippen LogP) is 20.4. The molecule has 0 N–H and O–H groups in total. The fourth-order valence-corrected chi connectivity index (χ4v) is 9.55. The molecule has 1 unspecified atom stereocenters. The van der Waals surface area contributed by atoms with E-state index in [-0.39, 0.29) is 31.1 Å².